The molecule has 0 amide bonds. The quantitative estimate of drug-likeness (QED) is 0.569. The Labute approximate surface area is 163 Å². The molecule has 0 fully saturated rings. The summed E-state index contributed by atoms with van der Waals surface area (Å²) in [5.41, 5.74) is 4.89. The van der Waals surface area contributed by atoms with Crippen LogP contribution in [0.15, 0.2) is 29.8 Å². The first-order valence-corrected chi connectivity index (χ1v) is 12.6. The predicted octanol–water partition coefficient (Wildman–Crippen LogP) is -1.97. The maximum absolute atomic E-state index is 4.01. The zero-order valence-corrected chi connectivity index (χ0v) is 17.7. The molecule has 1 N–H and O–H groups in total. The second-order valence-electron chi connectivity index (χ2n) is 7.63. The molecule has 0 bridgehead atoms. The van der Waals surface area contributed by atoms with Crippen LogP contribution in [-0.4, -0.2) is 16.5 Å². The SMILES string of the molecule is CCCC1=Cc2ccccc2[CH]1[Ti+2]([CH3])([CH3])[NH]C(C)(C)C.[Cl-].[Cl-].[SiH4]. The zero-order chi connectivity index (χ0) is 15.0. The van der Waals surface area contributed by atoms with Gasteiger partial charge >= 0.3 is 128 Å². The van der Waals surface area contributed by atoms with Gasteiger partial charge < -0.3 is 24.8 Å². The molecule has 1 aliphatic carbocycles. The second-order valence-corrected chi connectivity index (χ2v) is 14.3. The van der Waals surface area contributed by atoms with Gasteiger partial charge in [-0.1, -0.05) is 0 Å². The minimum Gasteiger partial charge on any atom is -1.00 e. The average molecular weight is 410 g/mol. The molecule has 0 heterocycles. The van der Waals surface area contributed by atoms with Gasteiger partial charge in [0.25, 0.3) is 0 Å². The normalized spacial score (nSPS) is 15.7. The fraction of sp³-hybridized carbons (Fsp3) is 0.556. The van der Waals surface area contributed by atoms with E-state index in [1.54, 1.807) is 11.1 Å². The van der Waals surface area contributed by atoms with Crippen LogP contribution in [0, 0.1) is 0 Å². The Kier molecular flexibility index (Phi) is 10.9. The second kappa shape index (κ2) is 9.80. The molecule has 0 radical (unpaired) electrons. The van der Waals surface area contributed by atoms with Crippen molar-refractivity contribution in [1.29, 1.82) is 0 Å². The summed E-state index contributed by atoms with van der Waals surface area (Å²) < 4.78 is 4.69. The third kappa shape index (κ3) is 6.34. The molecule has 1 unspecified atom stereocenters. The number of hydrogen-bond donors (Lipinski definition) is 1. The Morgan fingerprint density at radius 3 is 2.17 bits per heavy atom. The van der Waals surface area contributed by atoms with Crippen LogP contribution in [0.1, 0.15) is 55.9 Å². The van der Waals surface area contributed by atoms with Gasteiger partial charge in [-0.15, -0.1) is 0 Å². The van der Waals surface area contributed by atoms with E-state index in [0.29, 0.717) is 4.22 Å². The van der Waals surface area contributed by atoms with Gasteiger partial charge in [0, 0.05) is 0 Å². The molecule has 1 aliphatic rings. The van der Waals surface area contributed by atoms with E-state index in [-0.39, 0.29) is 41.3 Å². The number of benzene rings is 1. The first kappa shape index (κ1) is 25.7. The van der Waals surface area contributed by atoms with Crippen molar-refractivity contribution in [3.63, 3.8) is 0 Å². The molecule has 2 rings (SSSR count). The first-order valence-electron chi connectivity index (χ1n) is 7.83. The predicted molar refractivity (Wildman–Crippen MR) is 98.0 cm³/mol. The van der Waals surface area contributed by atoms with Crippen molar-refractivity contribution in [3.05, 3.63) is 41.0 Å². The van der Waals surface area contributed by atoms with E-state index in [9.17, 15) is 0 Å². The number of hydrogen-bond acceptors (Lipinski definition) is 1. The minimum absolute atomic E-state index is 0. The van der Waals surface area contributed by atoms with E-state index in [4.69, 9.17) is 0 Å². The van der Waals surface area contributed by atoms with E-state index in [0.717, 1.165) is 0 Å². The molecule has 5 heteroatoms. The number of nitrogens with one attached hydrogen (secondary N) is 1. The molecule has 132 valence electrons. The van der Waals surface area contributed by atoms with E-state index in [2.05, 4.69) is 72.3 Å². The van der Waals surface area contributed by atoms with Crippen molar-refractivity contribution < 1.29 is 41.7 Å². The number of halogens is 2. The first-order chi connectivity index (χ1) is 9.24. The third-order valence-electron chi connectivity index (χ3n) is 3.98. The molecular weight excluding hydrogens is 377 g/mol. The molecule has 1 aromatic carbocycles. The topological polar surface area (TPSA) is 12.0 Å². The van der Waals surface area contributed by atoms with Crippen LogP contribution in [0.3, 0.4) is 0 Å². The van der Waals surface area contributed by atoms with E-state index in [1.807, 2.05) is 0 Å². The number of rotatable bonds is 4. The summed E-state index contributed by atoms with van der Waals surface area (Å²) in [6.07, 6.45) is 4.94. The summed E-state index contributed by atoms with van der Waals surface area (Å²) in [5.74, 6) is 0. The maximum Gasteiger partial charge on any atom is -0.0149 e. The monoisotopic (exact) mass is 409 g/mol. The molecule has 0 saturated heterocycles. The fourth-order valence-electron chi connectivity index (χ4n) is 3.78. The Hall–Kier alpha value is 0.431. The van der Waals surface area contributed by atoms with Gasteiger partial charge in [-0.05, 0) is 11.0 Å². The molecule has 1 nitrogen and oxygen atoms in total. The Bertz CT molecular complexity index is 524. The fourth-order valence-corrected chi connectivity index (χ4v) is 10.5. The molecule has 1 aromatic rings. The molecule has 0 aromatic heterocycles. The standard InChI is InChI=1S/C12H13.C4H10N.2CH3.2ClH.H4Si.Ti/c1-2-5-10-8-11-6-3-4-7-12(11)9-10;1-4(2,3)5;;;;;;/h3-4,6-9H,2,5H2,1H3;5H,1-3H3;2*1H3;2*1H;1H4;/q;-1;;;;;;+3/p-2. The van der Waals surface area contributed by atoms with Crippen molar-refractivity contribution in [3.8, 4) is 0 Å². The Morgan fingerprint density at radius 2 is 1.65 bits per heavy atom. The van der Waals surface area contributed by atoms with Gasteiger partial charge in [0.05, 0.1) is 0 Å². The summed E-state index contributed by atoms with van der Waals surface area (Å²) in [6, 6.07) is 8.99. The zero-order valence-electron chi connectivity index (χ0n) is 14.6. The van der Waals surface area contributed by atoms with Crippen LogP contribution in [-0.2, 0) is 16.8 Å². The van der Waals surface area contributed by atoms with Crippen LogP contribution in [0.2, 0.25) is 10.5 Å². The molecule has 1 atom stereocenters. The third-order valence-corrected chi connectivity index (χ3v) is 9.47. The molecule has 0 spiro atoms. The number of allylic oxidation sites excluding steroid dienone is 1. The maximum atomic E-state index is 4.01. The average Bonchev–Trinajstić information content (AvgIpc) is 2.64. The molecule has 0 aliphatic heterocycles. The van der Waals surface area contributed by atoms with Gasteiger partial charge in [0.2, 0.25) is 0 Å². The summed E-state index contributed by atoms with van der Waals surface area (Å²) in [4.78, 5) is 0. The van der Waals surface area contributed by atoms with Crippen LogP contribution >= 0.6 is 0 Å². The van der Waals surface area contributed by atoms with Gasteiger partial charge in [-0.2, -0.15) is 0 Å². The van der Waals surface area contributed by atoms with Crippen LogP contribution < -0.4 is 28.6 Å². The minimum atomic E-state index is -2.15. The number of fused-ring (bicyclic) bond motifs is 1. The van der Waals surface area contributed by atoms with E-state index < -0.39 is 16.8 Å². The summed E-state index contributed by atoms with van der Waals surface area (Å²) >= 11 is -2.15. The molecule has 0 saturated carbocycles. The van der Waals surface area contributed by atoms with Crippen molar-refractivity contribution in [2.24, 2.45) is 0 Å². The Morgan fingerprint density at radius 1 is 1.09 bits per heavy atom. The van der Waals surface area contributed by atoms with Gasteiger partial charge in [0.1, 0.15) is 0 Å². The van der Waals surface area contributed by atoms with E-state index in [1.165, 1.54) is 18.4 Å². The largest absolute Gasteiger partial charge is 1.00 e. The summed E-state index contributed by atoms with van der Waals surface area (Å²) in [6.45, 7) is 9.18. The van der Waals surface area contributed by atoms with Crippen LogP contribution in [0.25, 0.3) is 6.08 Å². The van der Waals surface area contributed by atoms with Crippen molar-refractivity contribution in [2.45, 2.75) is 60.8 Å². The van der Waals surface area contributed by atoms with Gasteiger partial charge in [0.15, 0.2) is 0 Å². The van der Waals surface area contributed by atoms with Crippen molar-refractivity contribution >= 4 is 17.0 Å². The van der Waals surface area contributed by atoms with Gasteiger partial charge in [-0.25, -0.2) is 0 Å². The molecular formula is C18H33Cl2NSiTi. The smallest absolute Gasteiger partial charge is 0.0149 e. The van der Waals surface area contributed by atoms with Gasteiger partial charge in [-0.3, -0.25) is 0 Å². The van der Waals surface area contributed by atoms with Crippen molar-refractivity contribution in [2.75, 3.05) is 0 Å². The van der Waals surface area contributed by atoms with Crippen molar-refractivity contribution in [1.82, 2.24) is 3.80 Å². The molecule has 23 heavy (non-hydrogen) atoms. The van der Waals surface area contributed by atoms with Crippen LogP contribution in [0.4, 0.5) is 0 Å². The van der Waals surface area contributed by atoms with Crippen LogP contribution in [0.5, 0.6) is 0 Å². The Balaban J connectivity index is 0. The van der Waals surface area contributed by atoms with E-state index >= 15 is 0 Å². The summed E-state index contributed by atoms with van der Waals surface area (Å²) in [7, 11) is 0. The summed E-state index contributed by atoms with van der Waals surface area (Å²) in [5, 5.41) is 5.06.